The van der Waals surface area contributed by atoms with E-state index in [2.05, 4.69) is 18.0 Å². The predicted octanol–water partition coefficient (Wildman–Crippen LogP) is 5.66. The quantitative estimate of drug-likeness (QED) is 0.187. The van der Waals surface area contributed by atoms with Gasteiger partial charge in [-0.15, -0.1) is 0 Å². The van der Waals surface area contributed by atoms with Gasteiger partial charge in [-0.05, 0) is 71.9 Å². The van der Waals surface area contributed by atoms with Crippen LogP contribution in [0.15, 0.2) is 65.6 Å². The third kappa shape index (κ3) is 12.5. The van der Waals surface area contributed by atoms with Crippen LogP contribution < -0.4 is 5.32 Å². The number of carbonyl (C=O) groups is 2. The van der Waals surface area contributed by atoms with Crippen molar-refractivity contribution in [3.8, 4) is 0 Å². The highest BCUT2D eigenvalue weighted by Crippen LogP contribution is 2.19. The SMILES string of the molecule is C=CCOC(=O)N[C@@H](/C=C\CCCCOS(=O)(=O)c1ccc(C)cc1)CC1=CCCN(C(=O)OC(C)(C)C)C1. The normalized spacial score (nSPS) is 15.0. The van der Waals surface area contributed by atoms with Crippen molar-refractivity contribution in [2.45, 2.75) is 76.3 Å². The highest BCUT2D eigenvalue weighted by Gasteiger charge is 2.25. The number of nitrogens with zero attached hydrogens (tertiary/aromatic N) is 1. The van der Waals surface area contributed by atoms with E-state index in [0.29, 0.717) is 45.2 Å². The van der Waals surface area contributed by atoms with Gasteiger partial charge in [0.25, 0.3) is 10.1 Å². The number of hydrogen-bond donors (Lipinski definition) is 1. The Morgan fingerprint density at radius 1 is 1.18 bits per heavy atom. The van der Waals surface area contributed by atoms with Crippen molar-refractivity contribution in [2.24, 2.45) is 0 Å². The van der Waals surface area contributed by atoms with E-state index < -0.39 is 21.8 Å². The highest BCUT2D eigenvalue weighted by molar-refractivity contribution is 7.86. The first-order chi connectivity index (χ1) is 18.4. The Kier molecular flexibility index (Phi) is 12.7. The standard InChI is InChI=1S/C29H42N2O7S/c1-6-19-36-27(32)30-25(21-24-12-11-18-31(22-24)28(33)38-29(3,4)5)13-9-7-8-10-20-37-39(34,35)26-16-14-23(2)15-17-26/h6,9,12-17,25H,1,7-8,10-11,18-22H2,2-5H3,(H,30,32)/b13-9-/t25-/m0/s1. The summed E-state index contributed by atoms with van der Waals surface area (Å²) in [7, 11) is -3.77. The van der Waals surface area contributed by atoms with E-state index in [1.807, 2.05) is 39.8 Å². The molecule has 0 saturated carbocycles. The van der Waals surface area contributed by atoms with Gasteiger partial charge in [0, 0.05) is 13.1 Å². The number of rotatable bonds is 13. The summed E-state index contributed by atoms with van der Waals surface area (Å²) in [5.74, 6) is 0. The van der Waals surface area contributed by atoms with Gasteiger partial charge in [0.15, 0.2) is 0 Å². The molecule has 216 valence electrons. The lowest BCUT2D eigenvalue weighted by Gasteiger charge is -2.31. The Bertz CT molecular complexity index is 1120. The van der Waals surface area contributed by atoms with E-state index >= 15 is 0 Å². The zero-order valence-electron chi connectivity index (χ0n) is 23.5. The number of alkyl carbamates (subject to hydrolysis) is 1. The van der Waals surface area contributed by atoms with Crippen LogP contribution in [0.1, 0.15) is 58.4 Å². The first kappa shape index (κ1) is 32.1. The fourth-order valence-electron chi connectivity index (χ4n) is 3.79. The molecule has 1 heterocycles. The number of allylic oxidation sites excluding steroid dienone is 1. The molecule has 0 aliphatic carbocycles. The molecule has 1 aromatic carbocycles. The van der Waals surface area contributed by atoms with Crippen LogP contribution >= 0.6 is 0 Å². The summed E-state index contributed by atoms with van der Waals surface area (Å²) >= 11 is 0. The van der Waals surface area contributed by atoms with E-state index in [0.717, 1.165) is 11.1 Å². The number of unbranched alkanes of at least 4 members (excludes halogenated alkanes) is 2. The summed E-state index contributed by atoms with van der Waals surface area (Å²) in [6.45, 7) is 12.1. The van der Waals surface area contributed by atoms with E-state index in [1.165, 1.54) is 18.2 Å². The smallest absolute Gasteiger partial charge is 0.410 e. The molecule has 1 atom stereocenters. The molecule has 9 nitrogen and oxygen atoms in total. The molecule has 0 saturated heterocycles. The number of ether oxygens (including phenoxy) is 2. The molecule has 0 unspecified atom stereocenters. The van der Waals surface area contributed by atoms with Crippen LogP contribution in [-0.4, -0.2) is 63.5 Å². The molecule has 1 aliphatic rings. The molecule has 1 aliphatic heterocycles. The molecule has 39 heavy (non-hydrogen) atoms. The van der Waals surface area contributed by atoms with Gasteiger partial charge in [0.2, 0.25) is 0 Å². The topological polar surface area (TPSA) is 111 Å². The molecule has 0 spiro atoms. The first-order valence-corrected chi connectivity index (χ1v) is 14.6. The second-order valence-corrected chi connectivity index (χ2v) is 12.0. The molecule has 10 heteroatoms. The largest absolute Gasteiger partial charge is 0.445 e. The van der Waals surface area contributed by atoms with E-state index in [9.17, 15) is 18.0 Å². The van der Waals surface area contributed by atoms with Gasteiger partial charge in [0.05, 0.1) is 17.5 Å². The van der Waals surface area contributed by atoms with Crippen LogP contribution in [0.25, 0.3) is 0 Å². The monoisotopic (exact) mass is 562 g/mol. The summed E-state index contributed by atoms with van der Waals surface area (Å²) in [6, 6.07) is 6.20. The van der Waals surface area contributed by atoms with Crippen LogP contribution in [0.4, 0.5) is 9.59 Å². The third-order valence-electron chi connectivity index (χ3n) is 5.68. The molecule has 0 bridgehead atoms. The van der Waals surface area contributed by atoms with Crippen LogP contribution in [-0.2, 0) is 23.8 Å². The Morgan fingerprint density at radius 2 is 1.90 bits per heavy atom. The van der Waals surface area contributed by atoms with Crippen molar-refractivity contribution in [3.63, 3.8) is 0 Å². The number of benzene rings is 1. The number of nitrogens with one attached hydrogen (secondary N) is 1. The third-order valence-corrected chi connectivity index (χ3v) is 7.00. The second kappa shape index (κ2) is 15.5. The molecule has 1 N–H and O–H groups in total. The van der Waals surface area contributed by atoms with E-state index in [4.69, 9.17) is 13.7 Å². The number of hydrogen-bond acceptors (Lipinski definition) is 7. The summed E-state index contributed by atoms with van der Waals surface area (Å²) in [5.41, 5.74) is 1.42. The minimum absolute atomic E-state index is 0.0903. The Morgan fingerprint density at radius 3 is 2.56 bits per heavy atom. The fraction of sp³-hybridized carbons (Fsp3) is 0.517. The van der Waals surface area contributed by atoms with Gasteiger partial charge in [-0.1, -0.05) is 54.2 Å². The van der Waals surface area contributed by atoms with Crippen LogP contribution in [0.5, 0.6) is 0 Å². The molecule has 0 fully saturated rings. The lowest BCUT2D eigenvalue weighted by molar-refractivity contribution is 0.0260. The van der Waals surface area contributed by atoms with Crippen molar-refractivity contribution in [2.75, 3.05) is 26.3 Å². The summed E-state index contributed by atoms with van der Waals surface area (Å²) in [4.78, 5) is 26.5. The molecule has 2 rings (SSSR count). The molecule has 1 aromatic rings. The molecular formula is C29H42N2O7S. The van der Waals surface area contributed by atoms with Crippen molar-refractivity contribution >= 4 is 22.3 Å². The maximum absolute atomic E-state index is 12.5. The fourth-order valence-corrected chi connectivity index (χ4v) is 4.73. The number of carbonyl (C=O) groups excluding carboxylic acids is 2. The summed E-state index contributed by atoms with van der Waals surface area (Å²) in [5, 5.41) is 2.85. The van der Waals surface area contributed by atoms with Gasteiger partial charge >= 0.3 is 12.2 Å². The Labute approximate surface area is 233 Å². The Hall–Kier alpha value is -3.11. The number of aryl methyl sites for hydroxylation is 1. The lowest BCUT2D eigenvalue weighted by Crippen LogP contribution is -2.41. The van der Waals surface area contributed by atoms with E-state index in [-0.39, 0.29) is 30.2 Å². The highest BCUT2D eigenvalue weighted by atomic mass is 32.2. The van der Waals surface area contributed by atoms with Crippen molar-refractivity contribution < 1.29 is 31.7 Å². The zero-order valence-corrected chi connectivity index (χ0v) is 24.3. The lowest BCUT2D eigenvalue weighted by atomic mass is 10.0. The summed E-state index contributed by atoms with van der Waals surface area (Å²) in [6.07, 6.45) is 9.68. The van der Waals surface area contributed by atoms with Crippen LogP contribution in [0, 0.1) is 6.92 Å². The zero-order chi connectivity index (χ0) is 28.9. The van der Waals surface area contributed by atoms with Crippen LogP contribution in [0.2, 0.25) is 0 Å². The first-order valence-electron chi connectivity index (χ1n) is 13.2. The number of amides is 2. The maximum Gasteiger partial charge on any atom is 0.410 e. The van der Waals surface area contributed by atoms with Gasteiger partial charge in [-0.3, -0.25) is 4.18 Å². The van der Waals surface area contributed by atoms with Gasteiger partial charge in [-0.2, -0.15) is 8.42 Å². The average molecular weight is 563 g/mol. The van der Waals surface area contributed by atoms with Gasteiger partial charge in [-0.25, -0.2) is 9.59 Å². The molecular weight excluding hydrogens is 520 g/mol. The maximum atomic E-state index is 12.5. The summed E-state index contributed by atoms with van der Waals surface area (Å²) < 4.78 is 40.3. The second-order valence-electron chi connectivity index (χ2n) is 10.4. The minimum Gasteiger partial charge on any atom is -0.445 e. The van der Waals surface area contributed by atoms with Gasteiger partial charge < -0.3 is 19.7 Å². The van der Waals surface area contributed by atoms with Crippen molar-refractivity contribution in [3.05, 3.63) is 66.3 Å². The van der Waals surface area contributed by atoms with Gasteiger partial charge in [0.1, 0.15) is 12.2 Å². The minimum atomic E-state index is -3.77. The van der Waals surface area contributed by atoms with Crippen molar-refractivity contribution in [1.29, 1.82) is 0 Å². The van der Waals surface area contributed by atoms with E-state index in [1.54, 1.807) is 17.0 Å². The molecule has 0 aromatic heterocycles. The molecule has 2 amide bonds. The predicted molar refractivity (Wildman–Crippen MR) is 151 cm³/mol. The average Bonchev–Trinajstić information content (AvgIpc) is 2.86. The Balaban J connectivity index is 1.87. The molecule has 0 radical (unpaired) electrons. The van der Waals surface area contributed by atoms with Crippen LogP contribution in [0.3, 0.4) is 0 Å². The van der Waals surface area contributed by atoms with Crippen molar-refractivity contribution in [1.82, 2.24) is 10.2 Å².